The van der Waals surface area contributed by atoms with E-state index in [-0.39, 0.29) is 24.5 Å². The van der Waals surface area contributed by atoms with Crippen LogP contribution in [0.4, 0.5) is 18.0 Å². The van der Waals surface area contributed by atoms with E-state index in [9.17, 15) is 23.1 Å². The zero-order valence-corrected chi connectivity index (χ0v) is 11.6. The molecule has 0 aromatic carbocycles. The largest absolute Gasteiger partial charge is 0.417 e. The Balaban J connectivity index is 1.80. The molecule has 0 unspecified atom stereocenters. The molecular formula is C13H21F3N2O2. The number of piperidine rings is 1. The summed E-state index contributed by atoms with van der Waals surface area (Å²) in [4.78, 5) is 13.3. The fourth-order valence-electron chi connectivity index (χ4n) is 2.57. The van der Waals surface area contributed by atoms with Gasteiger partial charge in [-0.2, -0.15) is 13.2 Å². The first-order chi connectivity index (χ1) is 9.21. The Morgan fingerprint density at radius 3 is 2.20 bits per heavy atom. The van der Waals surface area contributed by atoms with Crippen molar-refractivity contribution in [2.75, 3.05) is 19.6 Å². The second kappa shape index (κ2) is 5.09. The molecule has 1 aliphatic carbocycles. The number of urea groups is 1. The summed E-state index contributed by atoms with van der Waals surface area (Å²) < 4.78 is 37.9. The summed E-state index contributed by atoms with van der Waals surface area (Å²) in [6.07, 6.45) is -2.35. The van der Waals surface area contributed by atoms with Gasteiger partial charge in [-0.1, -0.05) is 6.92 Å². The van der Waals surface area contributed by atoms with E-state index >= 15 is 0 Å². The number of alkyl halides is 3. The molecule has 116 valence electrons. The first-order valence-corrected chi connectivity index (χ1v) is 7.03. The minimum absolute atomic E-state index is 0.0685. The molecule has 0 spiro atoms. The van der Waals surface area contributed by atoms with Crippen molar-refractivity contribution in [2.24, 2.45) is 5.41 Å². The molecule has 1 aliphatic heterocycles. The van der Waals surface area contributed by atoms with E-state index < -0.39 is 24.6 Å². The van der Waals surface area contributed by atoms with Gasteiger partial charge >= 0.3 is 12.2 Å². The zero-order chi connectivity index (χ0) is 15.0. The molecule has 2 rings (SSSR count). The number of hydrogen-bond donors (Lipinski definition) is 2. The molecule has 0 radical (unpaired) electrons. The lowest BCUT2D eigenvalue weighted by atomic mass is 9.91. The Kier molecular flexibility index (Phi) is 3.92. The number of aliphatic hydroxyl groups is 1. The molecule has 0 aromatic rings. The number of halogens is 3. The summed E-state index contributed by atoms with van der Waals surface area (Å²) in [7, 11) is 0. The third-order valence-corrected chi connectivity index (χ3v) is 4.73. The average molecular weight is 294 g/mol. The zero-order valence-electron chi connectivity index (χ0n) is 11.6. The van der Waals surface area contributed by atoms with Gasteiger partial charge in [0, 0.05) is 32.5 Å². The van der Waals surface area contributed by atoms with Crippen molar-refractivity contribution in [1.82, 2.24) is 10.2 Å². The van der Waals surface area contributed by atoms with Crippen LogP contribution in [0.2, 0.25) is 0 Å². The normalized spacial score (nSPS) is 24.4. The number of rotatable bonds is 3. The Morgan fingerprint density at radius 1 is 1.25 bits per heavy atom. The maximum atomic E-state index is 12.6. The van der Waals surface area contributed by atoms with Crippen molar-refractivity contribution in [2.45, 2.75) is 50.8 Å². The van der Waals surface area contributed by atoms with Crippen LogP contribution in [0.15, 0.2) is 0 Å². The van der Waals surface area contributed by atoms with Crippen LogP contribution < -0.4 is 5.32 Å². The quantitative estimate of drug-likeness (QED) is 0.839. The second-order valence-corrected chi connectivity index (χ2v) is 6.03. The van der Waals surface area contributed by atoms with Crippen LogP contribution in [0.3, 0.4) is 0 Å². The van der Waals surface area contributed by atoms with E-state index in [2.05, 4.69) is 12.2 Å². The summed E-state index contributed by atoms with van der Waals surface area (Å²) in [6, 6.07) is -0.325. The lowest BCUT2D eigenvalue weighted by Gasteiger charge is -2.39. The number of carbonyl (C=O) groups is 1. The molecule has 20 heavy (non-hydrogen) atoms. The van der Waals surface area contributed by atoms with Crippen LogP contribution in [-0.4, -0.2) is 47.4 Å². The minimum Gasteiger partial charge on any atom is -0.380 e. The third kappa shape index (κ3) is 3.02. The minimum atomic E-state index is -4.63. The predicted octanol–water partition coefficient (Wildman–Crippen LogP) is 2.28. The molecule has 0 aromatic heterocycles. The van der Waals surface area contributed by atoms with Crippen molar-refractivity contribution in [1.29, 1.82) is 0 Å². The Labute approximate surface area is 116 Å². The number of likely N-dealkylation sites (tertiary alicyclic amines) is 1. The summed E-state index contributed by atoms with van der Waals surface area (Å²) in [6.45, 7) is 2.52. The maximum absolute atomic E-state index is 12.6. The molecule has 4 nitrogen and oxygen atoms in total. The van der Waals surface area contributed by atoms with Crippen molar-refractivity contribution in [3.8, 4) is 0 Å². The molecule has 1 saturated heterocycles. The lowest BCUT2D eigenvalue weighted by Crippen LogP contribution is -2.56. The Bertz CT molecular complexity index is 372. The highest BCUT2D eigenvalue weighted by Gasteiger charge is 2.55. The van der Waals surface area contributed by atoms with Gasteiger partial charge in [-0.05, 0) is 24.7 Å². The van der Waals surface area contributed by atoms with E-state index in [1.54, 1.807) is 0 Å². The summed E-state index contributed by atoms with van der Waals surface area (Å²) in [5.74, 6) is 0. The van der Waals surface area contributed by atoms with Gasteiger partial charge in [0.25, 0.3) is 0 Å². The fraction of sp³-hybridized carbons (Fsp3) is 0.923. The number of hydrogen-bond acceptors (Lipinski definition) is 2. The maximum Gasteiger partial charge on any atom is 0.417 e. The number of nitrogens with one attached hydrogen (secondary N) is 1. The first-order valence-electron chi connectivity index (χ1n) is 7.03. The van der Waals surface area contributed by atoms with E-state index in [1.165, 1.54) is 4.90 Å². The lowest BCUT2D eigenvalue weighted by molar-refractivity contribution is -0.271. The molecule has 2 N–H and O–H groups in total. The predicted molar refractivity (Wildman–Crippen MR) is 67.2 cm³/mol. The molecule has 1 heterocycles. The van der Waals surface area contributed by atoms with Gasteiger partial charge in [0.15, 0.2) is 5.60 Å². The Morgan fingerprint density at radius 2 is 1.80 bits per heavy atom. The van der Waals surface area contributed by atoms with Gasteiger partial charge in [0.1, 0.15) is 0 Å². The smallest absolute Gasteiger partial charge is 0.380 e. The number of carbonyl (C=O) groups excluding carboxylic acids is 1. The van der Waals surface area contributed by atoms with Gasteiger partial charge in [0.2, 0.25) is 0 Å². The summed E-state index contributed by atoms with van der Waals surface area (Å²) in [5.41, 5.74) is -2.44. The van der Waals surface area contributed by atoms with Gasteiger partial charge in [-0.3, -0.25) is 0 Å². The molecular weight excluding hydrogens is 273 g/mol. The third-order valence-electron chi connectivity index (χ3n) is 4.73. The summed E-state index contributed by atoms with van der Waals surface area (Å²) >= 11 is 0. The van der Waals surface area contributed by atoms with Crippen LogP contribution in [0, 0.1) is 5.41 Å². The number of amides is 2. The van der Waals surface area contributed by atoms with Crippen molar-refractivity contribution in [3.63, 3.8) is 0 Å². The van der Waals surface area contributed by atoms with Crippen LogP contribution in [-0.2, 0) is 0 Å². The van der Waals surface area contributed by atoms with Gasteiger partial charge in [-0.15, -0.1) is 0 Å². The Hall–Kier alpha value is -0.980. The standard InChI is InChI=1S/C13H21F3N2O2/c1-2-11(3-4-11)9-17-10(19)18-7-5-12(20,6-8-18)13(14,15)16/h20H,2-9H2,1H3,(H,17,19). The van der Waals surface area contributed by atoms with Crippen molar-refractivity contribution < 1.29 is 23.1 Å². The van der Waals surface area contributed by atoms with E-state index in [0.717, 1.165) is 19.3 Å². The highest BCUT2D eigenvalue weighted by molar-refractivity contribution is 5.74. The molecule has 2 aliphatic rings. The van der Waals surface area contributed by atoms with Crippen LogP contribution >= 0.6 is 0 Å². The highest BCUT2D eigenvalue weighted by atomic mass is 19.4. The molecule has 1 saturated carbocycles. The average Bonchev–Trinajstić information content (AvgIpc) is 3.16. The molecule has 0 atom stereocenters. The molecule has 7 heteroatoms. The van der Waals surface area contributed by atoms with Gasteiger partial charge in [-0.25, -0.2) is 4.79 Å². The van der Waals surface area contributed by atoms with E-state index in [1.807, 2.05) is 0 Å². The molecule has 2 fully saturated rings. The molecule has 2 amide bonds. The second-order valence-electron chi connectivity index (χ2n) is 6.03. The van der Waals surface area contributed by atoms with Crippen molar-refractivity contribution in [3.05, 3.63) is 0 Å². The number of nitrogens with zero attached hydrogens (tertiary/aromatic N) is 1. The fourth-order valence-corrected chi connectivity index (χ4v) is 2.57. The van der Waals surface area contributed by atoms with Crippen molar-refractivity contribution >= 4 is 6.03 Å². The monoisotopic (exact) mass is 294 g/mol. The topological polar surface area (TPSA) is 52.6 Å². The highest BCUT2D eigenvalue weighted by Crippen LogP contribution is 2.47. The van der Waals surface area contributed by atoms with Gasteiger partial charge < -0.3 is 15.3 Å². The van der Waals surface area contributed by atoms with Crippen LogP contribution in [0.1, 0.15) is 39.0 Å². The molecule has 0 bridgehead atoms. The van der Waals surface area contributed by atoms with Crippen LogP contribution in [0.5, 0.6) is 0 Å². The first kappa shape index (κ1) is 15.4. The van der Waals surface area contributed by atoms with Gasteiger partial charge in [0.05, 0.1) is 0 Å². The summed E-state index contributed by atoms with van der Waals surface area (Å²) in [5, 5.41) is 12.3. The van der Waals surface area contributed by atoms with E-state index in [4.69, 9.17) is 0 Å². The van der Waals surface area contributed by atoms with Crippen LogP contribution in [0.25, 0.3) is 0 Å². The van der Waals surface area contributed by atoms with E-state index in [0.29, 0.717) is 6.54 Å². The SMILES string of the molecule is CCC1(CNC(=O)N2CCC(O)(C(F)(F)F)CC2)CC1.